The molecule has 6 heteroatoms. The van der Waals surface area contributed by atoms with Gasteiger partial charge in [0.1, 0.15) is 0 Å². The first-order valence-electron chi connectivity index (χ1n) is 44.1. The van der Waals surface area contributed by atoms with Crippen LogP contribution in [0.4, 0.5) is 0 Å². The third-order valence-electron chi connectivity index (χ3n) is 24.7. The fourth-order valence-electron chi connectivity index (χ4n) is 18.6. The van der Waals surface area contributed by atoms with Gasteiger partial charge in [0, 0.05) is 43.5 Å². The van der Waals surface area contributed by atoms with E-state index < -0.39 is 10.8 Å². The zero-order valence-electron chi connectivity index (χ0n) is 67.4. The fraction of sp³-hybridized carbons (Fsp3) is 0.510. The van der Waals surface area contributed by atoms with E-state index in [9.17, 15) is 0 Å². The van der Waals surface area contributed by atoms with E-state index in [0.717, 1.165) is 25.7 Å². The van der Waals surface area contributed by atoms with Crippen molar-refractivity contribution in [3.63, 3.8) is 0 Å². The van der Waals surface area contributed by atoms with E-state index in [1.807, 2.05) is 34.0 Å². The number of unbranched alkanes of at least 4 members (excludes halogenated alkanes) is 36. The fourth-order valence-corrected chi connectivity index (χ4v) is 25.8. The summed E-state index contributed by atoms with van der Waals surface area (Å²) in [5, 5.41) is 2.87. The van der Waals surface area contributed by atoms with Crippen LogP contribution < -0.4 is 0 Å². The normalized spacial score (nSPS) is 13.4. The van der Waals surface area contributed by atoms with Crippen molar-refractivity contribution in [1.29, 1.82) is 0 Å². The van der Waals surface area contributed by atoms with Crippen LogP contribution in [-0.4, -0.2) is 0 Å². The average molecular weight is 1550 g/mol. The lowest BCUT2D eigenvalue weighted by Gasteiger charge is -2.34. The molecule has 5 aromatic carbocycles. The molecule has 2 aliphatic carbocycles. The SMILES string of the molecule is CCCCCCCCCCCCc1ccc(C2(c3ccc(CCCCCCCCCCCC)cc3)c3cc(C)sc3-c3sc4cc5c6c(sc5cc4c32)-c2sc(-c3ccc(-c4ccc(C)s4)s3)cc2C6(c2ccc(CCCCCCCCCCCC)cc2)c2ccc(CCCCCCCCCCCC)cc2)cc1. The van der Waals surface area contributed by atoms with Gasteiger partial charge in [-0.15, -0.1) is 68.0 Å². The minimum Gasteiger partial charge on any atom is -0.140 e. The van der Waals surface area contributed by atoms with E-state index in [4.69, 9.17) is 0 Å². The second-order valence-electron chi connectivity index (χ2n) is 33.0. The number of thiophene rings is 6. The standard InChI is InChI=1S/C102H130S6/c1-7-11-15-19-23-27-31-35-39-43-47-77-52-60-81(61-53-77)101(82-62-54-78(55-63-82)48-44-40-36-32-28-24-20-16-12-8-2)87-71-76(6)104-97(87)99-95(101)85-72-93-86(73-92(85)106-99)96-100(107-93)98-88(74-94(108-98)91-70-69-90(105-91)89-68-51-75(5)103-89)102(96,83-64-56-79(57-65-83)49-45-41-37-33-29-25-21-17-13-9-3)84-66-58-80(59-67-84)50-46-42-38-34-30-26-22-18-14-10-4/h51-74H,7-50H2,1-6H3. The zero-order valence-corrected chi connectivity index (χ0v) is 72.3. The third-order valence-corrected chi connectivity index (χ3v) is 32.0. The average Bonchev–Trinajstić information content (AvgIpc) is 1.50. The Hall–Kier alpha value is -5.18. The molecule has 13 rings (SSSR count). The van der Waals surface area contributed by atoms with Crippen LogP contribution in [0.2, 0.25) is 0 Å². The highest BCUT2D eigenvalue weighted by Crippen LogP contribution is 2.67. The summed E-state index contributed by atoms with van der Waals surface area (Å²) in [4.78, 5) is 14.2. The molecule has 0 unspecified atom stereocenters. The number of rotatable bonds is 50. The molecule has 0 fully saturated rings. The summed E-state index contributed by atoms with van der Waals surface area (Å²) in [6.07, 6.45) is 59.3. The van der Waals surface area contributed by atoms with Gasteiger partial charge in [0.15, 0.2) is 0 Å². The quantitative estimate of drug-likeness (QED) is 0.0333. The van der Waals surface area contributed by atoms with Crippen molar-refractivity contribution < 1.29 is 0 Å². The molecule has 0 saturated carbocycles. The van der Waals surface area contributed by atoms with E-state index in [-0.39, 0.29) is 0 Å². The molecule has 0 N–H and O–H groups in total. The van der Waals surface area contributed by atoms with E-state index >= 15 is 0 Å². The van der Waals surface area contributed by atoms with Gasteiger partial charge in [0.05, 0.1) is 25.5 Å². The van der Waals surface area contributed by atoms with Crippen LogP contribution in [0.25, 0.3) is 59.2 Å². The summed E-state index contributed by atoms with van der Waals surface area (Å²) in [7, 11) is 0. The Labute approximate surface area is 678 Å². The highest BCUT2D eigenvalue weighted by Gasteiger charge is 2.52. The third kappa shape index (κ3) is 19.2. The maximum atomic E-state index is 2.72. The number of aryl methyl sites for hydroxylation is 6. The molecule has 0 nitrogen and oxygen atoms in total. The summed E-state index contributed by atoms with van der Waals surface area (Å²) in [6, 6.07) is 61.0. The molecular weight excluding hydrogens is 1420 g/mol. The molecule has 6 aromatic heterocycles. The van der Waals surface area contributed by atoms with Crippen molar-refractivity contribution in [1.82, 2.24) is 0 Å². The van der Waals surface area contributed by atoms with Gasteiger partial charge in [-0.25, -0.2) is 0 Å². The minimum atomic E-state index is -0.519. The van der Waals surface area contributed by atoms with E-state index in [1.165, 1.54) is 393 Å². The molecule has 0 amide bonds. The lowest BCUT2D eigenvalue weighted by molar-refractivity contribution is 0.556. The van der Waals surface area contributed by atoms with Crippen LogP contribution in [0.15, 0.2) is 146 Å². The molecule has 574 valence electrons. The van der Waals surface area contributed by atoms with Gasteiger partial charge in [0.25, 0.3) is 0 Å². The van der Waals surface area contributed by atoms with Crippen molar-refractivity contribution in [3.8, 4) is 39.0 Å². The molecular formula is C102H130S6. The second kappa shape index (κ2) is 41.0. The lowest BCUT2D eigenvalue weighted by atomic mass is 9.66. The monoisotopic (exact) mass is 1550 g/mol. The largest absolute Gasteiger partial charge is 0.140 e. The van der Waals surface area contributed by atoms with Crippen molar-refractivity contribution in [2.75, 3.05) is 0 Å². The minimum absolute atomic E-state index is 0.459. The topological polar surface area (TPSA) is 0 Å². The van der Waals surface area contributed by atoms with E-state index in [2.05, 4.69) is 221 Å². The van der Waals surface area contributed by atoms with Gasteiger partial charge in [-0.2, -0.15) is 0 Å². The van der Waals surface area contributed by atoms with Crippen LogP contribution >= 0.6 is 68.0 Å². The van der Waals surface area contributed by atoms with Gasteiger partial charge in [-0.3, -0.25) is 0 Å². The Morgan fingerprint density at radius 2 is 0.500 bits per heavy atom. The first kappa shape index (κ1) is 80.9. The van der Waals surface area contributed by atoms with Gasteiger partial charge < -0.3 is 0 Å². The van der Waals surface area contributed by atoms with Crippen molar-refractivity contribution in [2.45, 2.75) is 335 Å². The Morgan fingerprint density at radius 1 is 0.222 bits per heavy atom. The molecule has 0 aliphatic heterocycles. The van der Waals surface area contributed by atoms with Gasteiger partial charge >= 0.3 is 0 Å². The van der Waals surface area contributed by atoms with Gasteiger partial charge in [-0.05, 0) is 191 Å². The van der Waals surface area contributed by atoms with Crippen LogP contribution in [0.3, 0.4) is 0 Å². The number of benzene rings is 5. The number of hydrogen-bond acceptors (Lipinski definition) is 6. The van der Waals surface area contributed by atoms with Crippen LogP contribution in [-0.2, 0) is 36.5 Å². The van der Waals surface area contributed by atoms with Gasteiger partial charge in [-0.1, -0.05) is 356 Å². The number of hydrogen-bond donors (Lipinski definition) is 0. The summed E-state index contributed by atoms with van der Waals surface area (Å²) in [5.41, 5.74) is 16.5. The Bertz CT molecular complexity index is 4350. The molecule has 0 bridgehead atoms. The predicted molar refractivity (Wildman–Crippen MR) is 486 cm³/mol. The van der Waals surface area contributed by atoms with Crippen molar-refractivity contribution in [2.24, 2.45) is 0 Å². The second-order valence-corrected chi connectivity index (χ2v) is 39.8. The Morgan fingerprint density at radius 3 is 0.815 bits per heavy atom. The first-order valence-corrected chi connectivity index (χ1v) is 49.0. The lowest BCUT2D eigenvalue weighted by Crippen LogP contribution is -2.28. The molecule has 2 aliphatic rings. The molecule has 6 heterocycles. The smallest absolute Gasteiger partial charge is 0.0736 e. The molecule has 11 aromatic rings. The van der Waals surface area contributed by atoms with E-state index in [0.29, 0.717) is 0 Å². The van der Waals surface area contributed by atoms with Crippen molar-refractivity contribution >= 4 is 88.2 Å². The van der Waals surface area contributed by atoms with E-state index in [1.54, 1.807) is 0 Å². The first-order chi connectivity index (χ1) is 53.3. The van der Waals surface area contributed by atoms with Crippen LogP contribution in [0.5, 0.6) is 0 Å². The summed E-state index contributed by atoms with van der Waals surface area (Å²) in [5.74, 6) is 0. The maximum Gasteiger partial charge on any atom is 0.0736 e. The summed E-state index contributed by atoms with van der Waals surface area (Å²) >= 11 is 12.2. The molecule has 108 heavy (non-hydrogen) atoms. The summed E-state index contributed by atoms with van der Waals surface area (Å²) < 4.78 is 2.83. The molecule has 0 radical (unpaired) electrons. The maximum absolute atomic E-state index is 2.72. The molecule has 0 saturated heterocycles. The molecule has 0 atom stereocenters. The van der Waals surface area contributed by atoms with Gasteiger partial charge in [0.2, 0.25) is 0 Å². The Kier molecular flexibility index (Phi) is 30.7. The Balaban J connectivity index is 0.889. The number of fused-ring (bicyclic) bond motifs is 10. The van der Waals surface area contributed by atoms with Crippen LogP contribution in [0.1, 0.15) is 361 Å². The zero-order chi connectivity index (χ0) is 74.3. The highest BCUT2D eigenvalue weighted by molar-refractivity contribution is 7.30. The van der Waals surface area contributed by atoms with Crippen LogP contribution in [0, 0.1) is 13.8 Å². The predicted octanol–water partition coefficient (Wildman–Crippen LogP) is 34.9. The summed E-state index contributed by atoms with van der Waals surface area (Å²) in [6.45, 7) is 13.9. The highest BCUT2D eigenvalue weighted by atomic mass is 32.1. The molecule has 0 spiro atoms. The van der Waals surface area contributed by atoms with Crippen molar-refractivity contribution in [3.05, 3.63) is 222 Å².